The first-order chi connectivity index (χ1) is 18.1. The van der Waals surface area contributed by atoms with Crippen LogP contribution in [0.25, 0.3) is 0 Å². The summed E-state index contributed by atoms with van der Waals surface area (Å²) >= 11 is 0. The highest BCUT2D eigenvalue weighted by molar-refractivity contribution is 5.42. The van der Waals surface area contributed by atoms with Crippen LogP contribution in [0.5, 0.6) is 0 Å². The average molecular weight is 525 g/mol. The molecular weight excluding hydrogens is 482 g/mol. The molecule has 0 N–H and O–H groups in total. The van der Waals surface area contributed by atoms with Crippen molar-refractivity contribution in [1.82, 2.24) is 9.80 Å². The molecule has 2 atom stereocenters. The van der Waals surface area contributed by atoms with Gasteiger partial charge in [-0.2, -0.15) is 8.78 Å². The number of piperidine rings is 2. The molecule has 0 bridgehead atoms. The Labute approximate surface area is 226 Å². The maximum atomic E-state index is 14.6. The summed E-state index contributed by atoms with van der Waals surface area (Å²) in [6.45, 7) is 12.8. The van der Waals surface area contributed by atoms with Gasteiger partial charge in [0.2, 0.25) is 0 Å². The van der Waals surface area contributed by atoms with Crippen LogP contribution < -0.4 is 0 Å². The van der Waals surface area contributed by atoms with Crippen molar-refractivity contribution < 1.29 is 18.3 Å². The zero-order valence-electron chi connectivity index (χ0n) is 23.3. The van der Waals surface area contributed by atoms with Crippen molar-refractivity contribution >= 4 is 0 Å². The van der Waals surface area contributed by atoms with Gasteiger partial charge < -0.3 is 19.3 Å². The molecule has 2 aromatic rings. The number of hydrogen-bond acceptors (Lipinski definition) is 4. The predicted molar refractivity (Wildman–Crippen MR) is 145 cm³/mol. The molecule has 0 aromatic heterocycles. The molecule has 2 unspecified atom stereocenters. The van der Waals surface area contributed by atoms with E-state index in [1.165, 1.54) is 17.2 Å². The van der Waals surface area contributed by atoms with Crippen molar-refractivity contribution in [3.05, 3.63) is 70.8 Å². The van der Waals surface area contributed by atoms with Gasteiger partial charge in [-0.05, 0) is 89.0 Å². The molecule has 0 radical (unpaired) electrons. The summed E-state index contributed by atoms with van der Waals surface area (Å²) in [5.74, 6) is 0. The zero-order chi connectivity index (χ0) is 26.8. The van der Waals surface area contributed by atoms with E-state index in [-0.39, 0.29) is 16.8 Å². The summed E-state index contributed by atoms with van der Waals surface area (Å²) in [6.07, 6.45) is 2.00. The van der Waals surface area contributed by atoms with Crippen LogP contribution in [0.15, 0.2) is 48.5 Å². The van der Waals surface area contributed by atoms with E-state index < -0.39 is 11.7 Å². The molecule has 0 amide bonds. The van der Waals surface area contributed by atoms with Crippen molar-refractivity contribution in [2.75, 3.05) is 26.2 Å². The van der Waals surface area contributed by atoms with Crippen LogP contribution in [0.1, 0.15) is 88.5 Å². The van der Waals surface area contributed by atoms with E-state index in [0.29, 0.717) is 30.5 Å². The lowest BCUT2D eigenvalue weighted by Gasteiger charge is -2.43. The molecule has 4 aliphatic rings. The number of hydrogen-bond donors (Lipinski definition) is 0. The molecule has 6 rings (SSSR count). The number of fused-ring (bicyclic) bond motifs is 4. The number of likely N-dealkylation sites (tertiary alicyclic amines) is 2. The van der Waals surface area contributed by atoms with E-state index >= 15 is 0 Å². The predicted octanol–water partition coefficient (Wildman–Crippen LogP) is 6.87. The lowest BCUT2D eigenvalue weighted by Crippen LogP contribution is -2.47. The Morgan fingerprint density at radius 3 is 1.76 bits per heavy atom. The summed E-state index contributed by atoms with van der Waals surface area (Å²) in [5, 5.41) is 0. The van der Waals surface area contributed by atoms with Crippen molar-refractivity contribution in [2.24, 2.45) is 0 Å². The maximum Gasteiger partial charge on any atom is 0.384 e. The van der Waals surface area contributed by atoms with Crippen LogP contribution in [0.2, 0.25) is 0 Å². The fourth-order valence-electron chi connectivity index (χ4n) is 7.70. The SMILES string of the molecule is CC(C)N1CCC2(CC1)OC(C)(CCC(C)N1CCC3(CC1)OC(F)(F)c1ccccc13)c1ccccc12. The highest BCUT2D eigenvalue weighted by atomic mass is 19.3. The van der Waals surface area contributed by atoms with Crippen LogP contribution in [0.4, 0.5) is 8.78 Å². The van der Waals surface area contributed by atoms with Gasteiger partial charge in [0, 0.05) is 38.3 Å². The quantitative estimate of drug-likeness (QED) is 0.426. The largest absolute Gasteiger partial charge is 0.384 e. The minimum absolute atomic E-state index is 0.0413. The molecular formula is C32H42F2N2O2. The third-order valence-corrected chi connectivity index (χ3v) is 10.1. The Hall–Kier alpha value is -1.86. The van der Waals surface area contributed by atoms with Gasteiger partial charge in [-0.3, -0.25) is 0 Å². The fourth-order valence-corrected chi connectivity index (χ4v) is 7.70. The molecule has 38 heavy (non-hydrogen) atoms. The van der Waals surface area contributed by atoms with Gasteiger partial charge in [0.1, 0.15) is 5.60 Å². The second kappa shape index (κ2) is 9.36. The number of nitrogens with zero attached hydrogens (tertiary/aromatic N) is 2. The van der Waals surface area contributed by atoms with E-state index in [2.05, 4.69) is 61.8 Å². The average Bonchev–Trinajstić information content (AvgIpc) is 3.28. The Bertz CT molecular complexity index is 1170. The third-order valence-electron chi connectivity index (χ3n) is 10.1. The Balaban J connectivity index is 1.12. The van der Waals surface area contributed by atoms with Gasteiger partial charge >= 0.3 is 6.11 Å². The van der Waals surface area contributed by atoms with Crippen LogP contribution in [0, 0.1) is 0 Å². The Morgan fingerprint density at radius 1 is 0.711 bits per heavy atom. The van der Waals surface area contributed by atoms with Crippen molar-refractivity contribution in [3.63, 3.8) is 0 Å². The number of alkyl halides is 2. The maximum absolute atomic E-state index is 14.6. The summed E-state index contributed by atoms with van der Waals surface area (Å²) in [5.41, 5.74) is 2.09. The van der Waals surface area contributed by atoms with Gasteiger partial charge in [-0.1, -0.05) is 42.5 Å². The molecule has 2 aromatic carbocycles. The Morgan fingerprint density at radius 2 is 1.18 bits per heavy atom. The summed E-state index contributed by atoms with van der Waals surface area (Å²) in [7, 11) is 0. The first-order valence-electron chi connectivity index (χ1n) is 14.5. The summed E-state index contributed by atoms with van der Waals surface area (Å²) in [6, 6.07) is 16.6. The van der Waals surface area contributed by atoms with Gasteiger partial charge in [0.15, 0.2) is 0 Å². The molecule has 2 fully saturated rings. The molecule has 206 valence electrons. The molecule has 4 heterocycles. The molecule has 2 saturated heterocycles. The van der Waals surface area contributed by atoms with Crippen molar-refractivity contribution in [3.8, 4) is 0 Å². The van der Waals surface area contributed by atoms with Gasteiger partial charge in [0.25, 0.3) is 0 Å². The number of halogens is 2. The first kappa shape index (κ1) is 26.4. The summed E-state index contributed by atoms with van der Waals surface area (Å²) < 4.78 is 41.9. The standard InChI is InChI=1S/C32H42F2N2O2/c1-23(2)35-19-15-30(16-20-35)26-10-6-5-9-25(26)29(4,37-30)14-13-24(3)36-21-17-31(18-22-36)27-11-7-8-12-28(27)32(33,34)38-31/h5-12,23-24H,13-22H2,1-4H3. The molecule has 6 heteroatoms. The summed E-state index contributed by atoms with van der Waals surface area (Å²) in [4.78, 5) is 5.01. The molecule has 0 saturated carbocycles. The lowest BCUT2D eigenvalue weighted by molar-refractivity contribution is -0.298. The second-order valence-corrected chi connectivity index (χ2v) is 12.6. The number of benzene rings is 2. The second-order valence-electron chi connectivity index (χ2n) is 12.6. The van der Waals surface area contributed by atoms with Crippen molar-refractivity contribution in [2.45, 2.75) is 101 Å². The number of ether oxygens (including phenoxy) is 2. The minimum atomic E-state index is -3.20. The monoisotopic (exact) mass is 524 g/mol. The van der Waals surface area contributed by atoms with Crippen LogP contribution in [-0.2, 0) is 32.4 Å². The fraction of sp³-hybridized carbons (Fsp3) is 0.625. The first-order valence-corrected chi connectivity index (χ1v) is 14.5. The minimum Gasteiger partial charge on any atom is -0.359 e. The number of rotatable bonds is 5. The van der Waals surface area contributed by atoms with Crippen LogP contribution in [-0.4, -0.2) is 48.1 Å². The molecule has 2 spiro atoms. The topological polar surface area (TPSA) is 24.9 Å². The van der Waals surface area contributed by atoms with Crippen LogP contribution in [0.3, 0.4) is 0 Å². The zero-order valence-corrected chi connectivity index (χ0v) is 23.3. The highest BCUT2D eigenvalue weighted by Gasteiger charge is 2.56. The lowest BCUT2D eigenvalue weighted by atomic mass is 9.81. The van der Waals surface area contributed by atoms with Crippen molar-refractivity contribution in [1.29, 1.82) is 0 Å². The molecule has 4 aliphatic heterocycles. The molecule has 4 nitrogen and oxygen atoms in total. The van der Waals surface area contributed by atoms with Gasteiger partial charge in [0.05, 0.1) is 16.8 Å². The van der Waals surface area contributed by atoms with Crippen LogP contribution >= 0.6 is 0 Å². The third kappa shape index (κ3) is 4.23. The van der Waals surface area contributed by atoms with E-state index in [0.717, 1.165) is 51.9 Å². The van der Waals surface area contributed by atoms with Gasteiger partial charge in [-0.15, -0.1) is 0 Å². The van der Waals surface area contributed by atoms with E-state index in [4.69, 9.17) is 9.47 Å². The van der Waals surface area contributed by atoms with Gasteiger partial charge in [-0.25, -0.2) is 0 Å². The van der Waals surface area contributed by atoms with E-state index in [1.807, 2.05) is 12.1 Å². The smallest absolute Gasteiger partial charge is 0.359 e. The van der Waals surface area contributed by atoms with E-state index in [9.17, 15) is 8.78 Å². The highest BCUT2D eigenvalue weighted by Crippen LogP contribution is 2.55. The normalized spacial score (nSPS) is 28.6. The molecule has 0 aliphatic carbocycles. The Kier molecular flexibility index (Phi) is 6.50. The van der Waals surface area contributed by atoms with E-state index in [1.54, 1.807) is 6.07 Å².